The van der Waals surface area contributed by atoms with Crippen molar-refractivity contribution in [2.45, 2.75) is 38.2 Å². The Labute approximate surface area is 123 Å². The van der Waals surface area contributed by atoms with E-state index in [4.69, 9.17) is 10.5 Å². The van der Waals surface area contributed by atoms with Gasteiger partial charge >= 0.3 is 0 Å². The third-order valence-electron chi connectivity index (χ3n) is 4.08. The second-order valence-corrected chi connectivity index (χ2v) is 6.21. The molecule has 0 spiro atoms. The number of ether oxygens (including phenoxy) is 1. The fraction of sp³-hybridized carbons (Fsp3) is 0.438. The van der Waals surface area contributed by atoms with E-state index in [0.29, 0.717) is 18.0 Å². The summed E-state index contributed by atoms with van der Waals surface area (Å²) >= 11 is 0. The standard InChI is InChI=1S/C16H21N3O2/c1-16(2)10-11(8-9-21-16)13-14(17)18-19(15(13)20)12-6-4-3-5-7-12/h3-7,11,18H,8-10,17H2,1-2H3/t11-/m1/s1. The molecule has 3 N–H and O–H groups in total. The summed E-state index contributed by atoms with van der Waals surface area (Å²) < 4.78 is 7.25. The number of nitrogens with two attached hydrogens (primary N) is 1. The fourth-order valence-electron chi connectivity index (χ4n) is 3.10. The monoisotopic (exact) mass is 287 g/mol. The lowest BCUT2D eigenvalue weighted by atomic mass is 9.84. The van der Waals surface area contributed by atoms with E-state index >= 15 is 0 Å². The largest absolute Gasteiger partial charge is 0.384 e. The predicted octanol–water partition coefficient (Wildman–Crippen LogP) is 2.42. The van der Waals surface area contributed by atoms with E-state index in [1.807, 2.05) is 30.3 Å². The van der Waals surface area contributed by atoms with Crippen LogP contribution >= 0.6 is 0 Å². The molecule has 0 radical (unpaired) electrons. The van der Waals surface area contributed by atoms with Crippen LogP contribution in [0.5, 0.6) is 0 Å². The average molecular weight is 287 g/mol. The maximum atomic E-state index is 12.7. The zero-order valence-electron chi connectivity index (χ0n) is 12.4. The van der Waals surface area contributed by atoms with Gasteiger partial charge in [0, 0.05) is 6.61 Å². The minimum Gasteiger partial charge on any atom is -0.384 e. The van der Waals surface area contributed by atoms with E-state index in [2.05, 4.69) is 18.9 Å². The van der Waals surface area contributed by atoms with Crippen LogP contribution < -0.4 is 11.3 Å². The zero-order chi connectivity index (χ0) is 15.0. The predicted molar refractivity (Wildman–Crippen MR) is 82.8 cm³/mol. The zero-order valence-corrected chi connectivity index (χ0v) is 12.4. The second-order valence-electron chi connectivity index (χ2n) is 6.21. The molecule has 1 aromatic heterocycles. The molecule has 1 aromatic carbocycles. The number of aromatic nitrogens is 2. The number of aromatic amines is 1. The van der Waals surface area contributed by atoms with Gasteiger partial charge in [0.05, 0.1) is 16.9 Å². The summed E-state index contributed by atoms with van der Waals surface area (Å²) in [6.07, 6.45) is 1.63. The fourth-order valence-corrected chi connectivity index (χ4v) is 3.10. The van der Waals surface area contributed by atoms with E-state index in [-0.39, 0.29) is 17.1 Å². The molecule has 5 heteroatoms. The Kier molecular flexibility index (Phi) is 3.37. The van der Waals surface area contributed by atoms with Crippen LogP contribution in [-0.2, 0) is 4.74 Å². The van der Waals surface area contributed by atoms with Crippen LogP contribution in [0.4, 0.5) is 5.82 Å². The van der Waals surface area contributed by atoms with Crippen LogP contribution in [-0.4, -0.2) is 22.0 Å². The summed E-state index contributed by atoms with van der Waals surface area (Å²) in [5, 5.41) is 2.99. The minimum atomic E-state index is -0.212. The first kappa shape index (κ1) is 13.9. The van der Waals surface area contributed by atoms with Crippen LogP contribution in [0.1, 0.15) is 38.2 Å². The first-order valence-electron chi connectivity index (χ1n) is 7.28. The van der Waals surface area contributed by atoms with Crippen LogP contribution in [0.25, 0.3) is 5.69 Å². The molecule has 0 amide bonds. The molecular weight excluding hydrogens is 266 g/mol. The Morgan fingerprint density at radius 3 is 2.71 bits per heavy atom. The lowest BCUT2D eigenvalue weighted by Gasteiger charge is -2.35. The lowest BCUT2D eigenvalue weighted by Crippen LogP contribution is -2.34. The lowest BCUT2D eigenvalue weighted by molar-refractivity contribution is -0.0593. The minimum absolute atomic E-state index is 0.0543. The molecule has 0 unspecified atom stereocenters. The van der Waals surface area contributed by atoms with Crippen molar-refractivity contribution in [3.63, 3.8) is 0 Å². The molecule has 0 saturated carbocycles. The van der Waals surface area contributed by atoms with Crippen molar-refractivity contribution in [1.82, 2.24) is 9.78 Å². The molecule has 21 heavy (non-hydrogen) atoms. The van der Waals surface area contributed by atoms with Gasteiger partial charge in [-0.3, -0.25) is 9.89 Å². The molecule has 1 aliphatic rings. The van der Waals surface area contributed by atoms with Gasteiger partial charge in [0.2, 0.25) is 0 Å². The van der Waals surface area contributed by atoms with E-state index in [0.717, 1.165) is 18.5 Å². The van der Waals surface area contributed by atoms with E-state index < -0.39 is 0 Å². The van der Waals surface area contributed by atoms with Crippen molar-refractivity contribution in [2.24, 2.45) is 0 Å². The van der Waals surface area contributed by atoms with Gasteiger partial charge in [-0.1, -0.05) is 18.2 Å². The molecular formula is C16H21N3O2. The Balaban J connectivity index is 2.01. The Morgan fingerprint density at radius 1 is 1.33 bits per heavy atom. The second kappa shape index (κ2) is 5.07. The van der Waals surface area contributed by atoms with Crippen LogP contribution in [0.15, 0.2) is 35.1 Å². The van der Waals surface area contributed by atoms with Gasteiger partial charge in [0.15, 0.2) is 0 Å². The molecule has 2 aromatic rings. The smallest absolute Gasteiger partial charge is 0.276 e. The molecule has 1 atom stereocenters. The van der Waals surface area contributed by atoms with Crippen molar-refractivity contribution in [1.29, 1.82) is 0 Å². The van der Waals surface area contributed by atoms with Gasteiger partial charge in [-0.15, -0.1) is 0 Å². The average Bonchev–Trinajstić information content (AvgIpc) is 2.74. The Hall–Kier alpha value is -2.01. The first-order valence-corrected chi connectivity index (χ1v) is 7.28. The SMILES string of the molecule is CC1(C)C[C@H](c2c(N)[nH]n(-c3ccccc3)c2=O)CCO1. The molecule has 3 rings (SSSR count). The third-order valence-corrected chi connectivity index (χ3v) is 4.08. The van der Waals surface area contributed by atoms with E-state index in [1.165, 1.54) is 4.68 Å². The molecule has 0 aliphatic carbocycles. The number of anilines is 1. The third kappa shape index (κ3) is 2.61. The highest BCUT2D eigenvalue weighted by Gasteiger charge is 2.33. The van der Waals surface area contributed by atoms with Crippen molar-refractivity contribution < 1.29 is 4.74 Å². The maximum Gasteiger partial charge on any atom is 0.276 e. The van der Waals surface area contributed by atoms with Gasteiger partial charge in [0.25, 0.3) is 5.56 Å². The van der Waals surface area contributed by atoms with Crippen LogP contribution in [0, 0.1) is 0 Å². The van der Waals surface area contributed by atoms with Crippen molar-refractivity contribution in [3.05, 3.63) is 46.2 Å². The number of nitrogen functional groups attached to an aromatic ring is 1. The number of hydrogen-bond donors (Lipinski definition) is 2. The number of nitrogens with one attached hydrogen (secondary N) is 1. The topological polar surface area (TPSA) is 73.0 Å². The molecule has 2 heterocycles. The summed E-state index contributed by atoms with van der Waals surface area (Å²) in [7, 11) is 0. The maximum absolute atomic E-state index is 12.7. The van der Waals surface area contributed by atoms with Gasteiger partial charge in [-0.2, -0.15) is 0 Å². The number of nitrogens with zero attached hydrogens (tertiary/aromatic N) is 1. The van der Waals surface area contributed by atoms with Gasteiger partial charge in [-0.25, -0.2) is 4.68 Å². The normalized spacial score (nSPS) is 21.3. The number of rotatable bonds is 2. The molecule has 1 fully saturated rings. The highest BCUT2D eigenvalue weighted by molar-refractivity contribution is 5.44. The van der Waals surface area contributed by atoms with Gasteiger partial charge < -0.3 is 10.5 Å². The summed E-state index contributed by atoms with van der Waals surface area (Å²) in [6, 6.07) is 9.49. The molecule has 0 bridgehead atoms. The number of para-hydroxylation sites is 1. The molecule has 1 saturated heterocycles. The van der Waals surface area contributed by atoms with E-state index in [1.54, 1.807) is 0 Å². The van der Waals surface area contributed by atoms with Crippen LogP contribution in [0.3, 0.4) is 0 Å². The number of benzene rings is 1. The number of hydrogen-bond acceptors (Lipinski definition) is 3. The number of H-pyrrole nitrogens is 1. The molecule has 1 aliphatic heterocycles. The van der Waals surface area contributed by atoms with Gasteiger partial charge in [-0.05, 0) is 44.7 Å². The Bertz CT molecular complexity index is 685. The van der Waals surface area contributed by atoms with Crippen molar-refractivity contribution >= 4 is 5.82 Å². The van der Waals surface area contributed by atoms with Crippen molar-refractivity contribution in [3.8, 4) is 5.69 Å². The summed E-state index contributed by atoms with van der Waals surface area (Å²) in [5.41, 5.74) is 7.30. The van der Waals surface area contributed by atoms with Gasteiger partial charge in [0.1, 0.15) is 5.82 Å². The van der Waals surface area contributed by atoms with Crippen molar-refractivity contribution in [2.75, 3.05) is 12.3 Å². The van der Waals surface area contributed by atoms with E-state index in [9.17, 15) is 4.79 Å². The summed E-state index contributed by atoms with van der Waals surface area (Å²) in [4.78, 5) is 12.7. The highest BCUT2D eigenvalue weighted by Crippen LogP contribution is 2.36. The quantitative estimate of drug-likeness (QED) is 0.891. The molecule has 112 valence electrons. The molecule has 5 nitrogen and oxygen atoms in total. The summed E-state index contributed by atoms with van der Waals surface area (Å²) in [5.74, 6) is 0.606. The highest BCUT2D eigenvalue weighted by atomic mass is 16.5. The first-order chi connectivity index (χ1) is 9.98. The van der Waals surface area contributed by atoms with Crippen LogP contribution in [0.2, 0.25) is 0 Å². The Morgan fingerprint density at radius 2 is 2.05 bits per heavy atom. The summed E-state index contributed by atoms with van der Waals surface area (Å²) in [6.45, 7) is 4.77.